The lowest BCUT2D eigenvalue weighted by molar-refractivity contribution is 1.12. The molecule has 0 fully saturated rings. The van der Waals surface area contributed by atoms with Gasteiger partial charge in [0.2, 0.25) is 5.95 Å². The molecule has 0 radical (unpaired) electrons. The number of rotatable bonds is 4. The number of hydrazone groups is 1. The van der Waals surface area contributed by atoms with E-state index in [1.807, 2.05) is 38.4 Å². The molecular formula is C13H15N5. The highest BCUT2D eigenvalue weighted by Gasteiger charge is 1.94. The molecule has 0 spiro atoms. The molecule has 18 heavy (non-hydrogen) atoms. The van der Waals surface area contributed by atoms with E-state index in [0.717, 1.165) is 11.3 Å². The molecule has 0 saturated carbocycles. The van der Waals surface area contributed by atoms with E-state index in [2.05, 4.69) is 25.4 Å². The molecule has 0 atom stereocenters. The van der Waals surface area contributed by atoms with Crippen molar-refractivity contribution in [1.29, 1.82) is 0 Å². The normalized spacial score (nSPS) is 10.6. The zero-order chi connectivity index (χ0) is 12.8. The number of anilines is 2. The van der Waals surface area contributed by atoms with Crippen LogP contribution in [0.25, 0.3) is 0 Å². The van der Waals surface area contributed by atoms with Crippen LogP contribution in [0.3, 0.4) is 0 Å². The summed E-state index contributed by atoms with van der Waals surface area (Å²) in [6, 6.07) is 9.86. The number of hydrogen-bond donors (Lipinski definition) is 1. The zero-order valence-electron chi connectivity index (χ0n) is 10.4. The third-order valence-electron chi connectivity index (χ3n) is 2.35. The van der Waals surface area contributed by atoms with Gasteiger partial charge in [0.25, 0.3) is 0 Å². The number of nitrogens with zero attached hydrogens (tertiary/aromatic N) is 4. The van der Waals surface area contributed by atoms with Crippen LogP contribution in [0.4, 0.5) is 11.6 Å². The van der Waals surface area contributed by atoms with Crippen LogP contribution in [0.5, 0.6) is 0 Å². The number of hydrogen-bond acceptors (Lipinski definition) is 5. The molecule has 1 N–H and O–H groups in total. The van der Waals surface area contributed by atoms with E-state index in [4.69, 9.17) is 0 Å². The first kappa shape index (κ1) is 12.0. The molecule has 1 aromatic heterocycles. The molecule has 0 bridgehead atoms. The topological polar surface area (TPSA) is 53.4 Å². The van der Waals surface area contributed by atoms with Crippen LogP contribution >= 0.6 is 0 Å². The van der Waals surface area contributed by atoms with Gasteiger partial charge in [-0.2, -0.15) is 5.10 Å². The monoisotopic (exact) mass is 241 g/mol. The molecule has 0 unspecified atom stereocenters. The maximum absolute atomic E-state index is 4.07. The standard InChI is InChI=1S/C13H15N5/c1-18(2)12-6-4-11(5-7-12)10-16-17-13-14-8-3-9-15-13/h3-10H,1-2H3,(H,14,15,17)/b16-10-. The van der Waals surface area contributed by atoms with E-state index in [0.29, 0.717) is 5.95 Å². The van der Waals surface area contributed by atoms with Gasteiger partial charge < -0.3 is 4.90 Å². The Morgan fingerprint density at radius 2 is 1.78 bits per heavy atom. The van der Waals surface area contributed by atoms with E-state index >= 15 is 0 Å². The van der Waals surface area contributed by atoms with Crippen molar-refractivity contribution in [2.24, 2.45) is 5.10 Å². The first-order valence-electron chi connectivity index (χ1n) is 5.59. The summed E-state index contributed by atoms with van der Waals surface area (Å²) in [6.45, 7) is 0. The van der Waals surface area contributed by atoms with Crippen LogP contribution in [-0.2, 0) is 0 Å². The molecule has 2 rings (SSSR count). The van der Waals surface area contributed by atoms with Gasteiger partial charge in [0.15, 0.2) is 0 Å². The molecule has 5 nitrogen and oxygen atoms in total. The SMILES string of the molecule is CN(C)c1ccc(/C=N\Nc2ncccn2)cc1. The van der Waals surface area contributed by atoms with E-state index in [1.54, 1.807) is 24.7 Å². The van der Waals surface area contributed by atoms with Gasteiger partial charge in [-0.3, -0.25) is 0 Å². The minimum atomic E-state index is 0.485. The Balaban J connectivity index is 1.97. The molecule has 0 aliphatic rings. The number of benzene rings is 1. The second-order valence-corrected chi connectivity index (χ2v) is 3.93. The highest BCUT2D eigenvalue weighted by Crippen LogP contribution is 2.10. The summed E-state index contributed by atoms with van der Waals surface area (Å²) in [7, 11) is 4.02. The van der Waals surface area contributed by atoms with Crippen LogP contribution < -0.4 is 10.3 Å². The summed E-state index contributed by atoms with van der Waals surface area (Å²) in [4.78, 5) is 10.1. The summed E-state index contributed by atoms with van der Waals surface area (Å²) in [6.07, 6.45) is 5.06. The summed E-state index contributed by atoms with van der Waals surface area (Å²) in [5.74, 6) is 0.485. The van der Waals surface area contributed by atoms with Gasteiger partial charge in [-0.25, -0.2) is 15.4 Å². The number of nitrogens with one attached hydrogen (secondary N) is 1. The van der Waals surface area contributed by atoms with Crippen molar-refractivity contribution >= 4 is 17.9 Å². The third kappa shape index (κ3) is 3.28. The third-order valence-corrected chi connectivity index (χ3v) is 2.35. The maximum atomic E-state index is 4.07. The fourth-order valence-corrected chi connectivity index (χ4v) is 1.38. The van der Waals surface area contributed by atoms with Crippen molar-refractivity contribution < 1.29 is 0 Å². The fourth-order valence-electron chi connectivity index (χ4n) is 1.38. The van der Waals surface area contributed by atoms with Crippen LogP contribution in [0.15, 0.2) is 47.8 Å². The Morgan fingerprint density at radius 1 is 1.11 bits per heavy atom. The van der Waals surface area contributed by atoms with E-state index < -0.39 is 0 Å². The molecule has 1 heterocycles. The van der Waals surface area contributed by atoms with Gasteiger partial charge in [0, 0.05) is 32.2 Å². The Morgan fingerprint density at radius 3 is 2.39 bits per heavy atom. The minimum Gasteiger partial charge on any atom is -0.378 e. The second-order valence-electron chi connectivity index (χ2n) is 3.93. The largest absolute Gasteiger partial charge is 0.378 e. The molecular weight excluding hydrogens is 226 g/mol. The molecule has 0 amide bonds. The van der Waals surface area contributed by atoms with Crippen molar-refractivity contribution in [3.8, 4) is 0 Å². The van der Waals surface area contributed by atoms with Crippen molar-refractivity contribution in [3.63, 3.8) is 0 Å². The number of aromatic nitrogens is 2. The lowest BCUT2D eigenvalue weighted by Gasteiger charge is -2.11. The van der Waals surface area contributed by atoms with Crippen LogP contribution in [0.2, 0.25) is 0 Å². The average Bonchev–Trinajstić information content (AvgIpc) is 2.40. The predicted octanol–water partition coefficient (Wildman–Crippen LogP) is 1.99. The Labute approximate surface area is 106 Å². The average molecular weight is 241 g/mol. The van der Waals surface area contributed by atoms with E-state index in [-0.39, 0.29) is 0 Å². The van der Waals surface area contributed by atoms with Gasteiger partial charge >= 0.3 is 0 Å². The summed E-state index contributed by atoms with van der Waals surface area (Å²) >= 11 is 0. The lowest BCUT2D eigenvalue weighted by atomic mass is 10.2. The smallest absolute Gasteiger partial charge is 0.243 e. The van der Waals surface area contributed by atoms with E-state index in [1.165, 1.54) is 0 Å². The molecule has 0 aliphatic heterocycles. The Hall–Kier alpha value is -2.43. The zero-order valence-corrected chi connectivity index (χ0v) is 10.4. The molecule has 1 aromatic carbocycles. The van der Waals surface area contributed by atoms with Gasteiger partial charge in [0.05, 0.1) is 6.21 Å². The molecule has 5 heteroatoms. The maximum Gasteiger partial charge on any atom is 0.243 e. The predicted molar refractivity (Wildman–Crippen MR) is 74.0 cm³/mol. The summed E-state index contributed by atoms with van der Waals surface area (Å²) in [5, 5.41) is 4.07. The van der Waals surface area contributed by atoms with Gasteiger partial charge in [0.1, 0.15) is 0 Å². The molecule has 0 aliphatic carbocycles. The first-order valence-corrected chi connectivity index (χ1v) is 5.59. The van der Waals surface area contributed by atoms with Crippen LogP contribution in [0.1, 0.15) is 5.56 Å². The Kier molecular flexibility index (Phi) is 3.86. The van der Waals surface area contributed by atoms with Crippen LogP contribution in [-0.4, -0.2) is 30.3 Å². The van der Waals surface area contributed by atoms with Crippen molar-refractivity contribution in [3.05, 3.63) is 48.3 Å². The highest BCUT2D eigenvalue weighted by molar-refractivity contribution is 5.80. The second kappa shape index (κ2) is 5.77. The van der Waals surface area contributed by atoms with Crippen LogP contribution in [0, 0.1) is 0 Å². The van der Waals surface area contributed by atoms with Crippen molar-refractivity contribution in [1.82, 2.24) is 9.97 Å². The van der Waals surface area contributed by atoms with Crippen molar-refractivity contribution in [2.45, 2.75) is 0 Å². The highest BCUT2D eigenvalue weighted by atomic mass is 15.3. The minimum absolute atomic E-state index is 0.485. The van der Waals surface area contributed by atoms with Gasteiger partial charge in [-0.05, 0) is 23.8 Å². The molecule has 92 valence electrons. The summed E-state index contributed by atoms with van der Waals surface area (Å²) < 4.78 is 0. The van der Waals surface area contributed by atoms with E-state index in [9.17, 15) is 0 Å². The molecule has 0 saturated heterocycles. The summed E-state index contributed by atoms with van der Waals surface area (Å²) in [5.41, 5.74) is 4.94. The Bertz CT molecular complexity index is 505. The first-order chi connectivity index (χ1) is 8.75. The van der Waals surface area contributed by atoms with Crippen molar-refractivity contribution in [2.75, 3.05) is 24.4 Å². The fraction of sp³-hybridized carbons (Fsp3) is 0.154. The van der Waals surface area contributed by atoms with Gasteiger partial charge in [-0.15, -0.1) is 0 Å². The quantitative estimate of drug-likeness (QED) is 0.657. The lowest BCUT2D eigenvalue weighted by Crippen LogP contribution is -2.08. The molecule has 2 aromatic rings. The van der Waals surface area contributed by atoms with Gasteiger partial charge in [-0.1, -0.05) is 12.1 Å².